The van der Waals surface area contributed by atoms with Gasteiger partial charge >= 0.3 is 180 Å². The molecule has 3 nitrogen and oxygen atoms in total. The summed E-state index contributed by atoms with van der Waals surface area (Å²) in [6, 6.07) is 0. The fourth-order valence-electron chi connectivity index (χ4n) is 3.52. The number of imidazole rings is 1. The van der Waals surface area contributed by atoms with Crippen molar-refractivity contribution in [2.24, 2.45) is 0 Å². The zero-order valence-electron chi connectivity index (χ0n) is 16.9. The van der Waals surface area contributed by atoms with E-state index < -0.39 is 38.8 Å². The van der Waals surface area contributed by atoms with Crippen LogP contribution in [0.3, 0.4) is 0 Å². The standard InChI is InChI=1S/C13H27.C7H2F3N2OS.Sn/c1-4-7-10-13(11-8-5-2)12-9-6-3;8-7(9,10)5(13)4-6-12(3-11-4)1-2-14-6;/h4-12H2,1-3H3;1,3H;. The number of hydrogen-bond acceptors (Lipinski definition) is 3. The number of carbonyl (C=O) groups excluding carboxylic acids is 1. The number of fused-ring (bicyclic) bond motifs is 1. The molecule has 2 heterocycles. The van der Waals surface area contributed by atoms with E-state index in [1.54, 1.807) is 4.40 Å². The third kappa shape index (κ3) is 5.97. The van der Waals surface area contributed by atoms with Gasteiger partial charge in [0.2, 0.25) is 0 Å². The predicted octanol–water partition coefficient (Wildman–Crippen LogP) is 6.20. The Bertz CT molecular complexity index is 747. The van der Waals surface area contributed by atoms with E-state index in [0.717, 1.165) is 0 Å². The summed E-state index contributed by atoms with van der Waals surface area (Å²) in [4.78, 5) is 15.8. The molecule has 0 bridgehead atoms. The molecule has 0 aliphatic heterocycles. The van der Waals surface area contributed by atoms with Crippen LogP contribution in [0.25, 0.3) is 4.83 Å². The second-order valence-electron chi connectivity index (χ2n) is 7.44. The van der Waals surface area contributed by atoms with Crippen LogP contribution in [-0.2, 0) is 0 Å². The number of Topliss-reactive ketones (excluding diaryl/α,β-unsaturated/α-hetero) is 1. The van der Waals surface area contributed by atoms with Crippen molar-refractivity contribution in [2.45, 2.75) is 88.2 Å². The van der Waals surface area contributed by atoms with E-state index >= 15 is 0 Å². The molecule has 0 saturated carbocycles. The van der Waals surface area contributed by atoms with E-state index in [0.29, 0.717) is 8.26 Å². The second kappa shape index (κ2) is 10.5. The summed E-state index contributed by atoms with van der Waals surface area (Å²) in [5, 5.41) is 0. The summed E-state index contributed by atoms with van der Waals surface area (Å²) in [5.41, 5.74) is -0.454. The molecular formula is C20H29F3N2OSSn. The summed E-state index contributed by atoms with van der Waals surface area (Å²) < 4.78 is 41.7. The van der Waals surface area contributed by atoms with Crippen molar-refractivity contribution in [3.8, 4) is 0 Å². The van der Waals surface area contributed by atoms with Crippen molar-refractivity contribution in [1.29, 1.82) is 0 Å². The number of thiazole rings is 1. The van der Waals surface area contributed by atoms with Crippen LogP contribution >= 0.6 is 11.3 Å². The molecule has 0 spiro atoms. The van der Waals surface area contributed by atoms with Crippen molar-refractivity contribution >= 4 is 46.0 Å². The third-order valence-corrected chi connectivity index (χ3v) is 12.3. The van der Waals surface area contributed by atoms with Crippen LogP contribution in [0.2, 0.25) is 3.43 Å². The summed E-state index contributed by atoms with van der Waals surface area (Å²) in [5.74, 6) is -1.84. The Labute approximate surface area is 179 Å². The van der Waals surface area contributed by atoms with Crippen molar-refractivity contribution in [1.82, 2.24) is 9.38 Å². The van der Waals surface area contributed by atoms with Crippen molar-refractivity contribution in [3.05, 3.63) is 18.2 Å². The van der Waals surface area contributed by atoms with E-state index in [4.69, 9.17) is 0 Å². The zero-order valence-corrected chi connectivity index (χ0v) is 20.5. The van der Waals surface area contributed by atoms with Gasteiger partial charge in [-0.3, -0.25) is 0 Å². The summed E-state index contributed by atoms with van der Waals surface area (Å²) in [6.45, 7) is 6.64. The third-order valence-electron chi connectivity index (χ3n) is 5.10. The number of rotatable bonds is 12. The van der Waals surface area contributed by atoms with Gasteiger partial charge in [-0.1, -0.05) is 0 Å². The molecule has 0 unspecified atom stereocenters. The van der Waals surface area contributed by atoms with E-state index in [1.807, 2.05) is 6.20 Å². The van der Waals surface area contributed by atoms with Crippen LogP contribution in [-0.4, -0.2) is 42.5 Å². The number of ketones is 1. The summed E-state index contributed by atoms with van der Waals surface area (Å²) >= 11 is 0.317. The molecule has 8 heteroatoms. The average molecular weight is 521 g/mol. The van der Waals surface area contributed by atoms with E-state index in [-0.39, 0.29) is 0 Å². The molecule has 0 aliphatic carbocycles. The molecule has 0 N–H and O–H groups in total. The molecule has 2 aromatic rings. The van der Waals surface area contributed by atoms with Gasteiger partial charge in [-0.15, -0.1) is 0 Å². The number of alkyl halides is 3. The van der Waals surface area contributed by atoms with Crippen LogP contribution in [0.5, 0.6) is 0 Å². The van der Waals surface area contributed by atoms with Crippen LogP contribution in [0.15, 0.2) is 12.5 Å². The number of unbranched alkanes of at least 4 members (excludes halogenated alkanes) is 3. The van der Waals surface area contributed by atoms with Gasteiger partial charge in [0.05, 0.1) is 0 Å². The molecule has 0 aromatic carbocycles. The minimum absolute atomic E-state index is 0.341. The molecule has 0 fully saturated rings. The Morgan fingerprint density at radius 2 is 1.61 bits per heavy atom. The van der Waals surface area contributed by atoms with Crippen molar-refractivity contribution < 1.29 is 18.0 Å². The fourth-order valence-corrected chi connectivity index (χ4v) is 11.8. The number of aromatic nitrogens is 2. The summed E-state index contributed by atoms with van der Waals surface area (Å²) in [7, 11) is 0. The molecule has 2 aromatic heterocycles. The van der Waals surface area contributed by atoms with Crippen LogP contribution in [0.4, 0.5) is 13.2 Å². The van der Waals surface area contributed by atoms with Crippen molar-refractivity contribution in [2.75, 3.05) is 0 Å². The van der Waals surface area contributed by atoms with Gasteiger partial charge in [0.1, 0.15) is 0 Å². The molecule has 156 valence electrons. The SMILES string of the molecule is CCCC[C](CCCC)(CCCC)[Sn][c]1cn2cnc(C(=O)C(F)(F)F)c2s1. The molecule has 2 rings (SSSR count). The maximum absolute atomic E-state index is 12.9. The van der Waals surface area contributed by atoms with Gasteiger partial charge < -0.3 is 0 Å². The average Bonchev–Trinajstić information content (AvgIpc) is 3.21. The first-order valence-electron chi connectivity index (χ1n) is 10.1. The molecule has 0 aliphatic rings. The van der Waals surface area contributed by atoms with Crippen LogP contribution in [0, 0.1) is 0 Å². The molecule has 2 radical (unpaired) electrons. The van der Waals surface area contributed by atoms with Gasteiger partial charge in [0, 0.05) is 0 Å². The Balaban J connectivity index is 2.33. The monoisotopic (exact) mass is 522 g/mol. The maximum atomic E-state index is 12.9. The number of nitrogens with zero attached hydrogens (tertiary/aromatic N) is 2. The normalized spacial score (nSPS) is 12.8. The molecule has 0 atom stereocenters. The van der Waals surface area contributed by atoms with Gasteiger partial charge in [-0.05, 0) is 0 Å². The Morgan fingerprint density at radius 3 is 2.07 bits per heavy atom. The Morgan fingerprint density at radius 1 is 1.07 bits per heavy atom. The van der Waals surface area contributed by atoms with Gasteiger partial charge in [-0.2, -0.15) is 0 Å². The molecular weight excluding hydrogens is 492 g/mol. The predicted molar refractivity (Wildman–Crippen MR) is 110 cm³/mol. The topological polar surface area (TPSA) is 34.4 Å². The zero-order chi connectivity index (χ0) is 20.8. The number of halogens is 3. The van der Waals surface area contributed by atoms with Crippen LogP contribution < -0.4 is 2.89 Å². The molecule has 28 heavy (non-hydrogen) atoms. The first-order chi connectivity index (χ1) is 13.3. The second-order valence-corrected chi connectivity index (χ2v) is 14.8. The van der Waals surface area contributed by atoms with Gasteiger partial charge in [0.25, 0.3) is 0 Å². The molecule has 0 amide bonds. The van der Waals surface area contributed by atoms with E-state index in [1.165, 1.54) is 78.3 Å². The van der Waals surface area contributed by atoms with Gasteiger partial charge in [0.15, 0.2) is 0 Å². The Hall–Kier alpha value is -0.571. The first-order valence-corrected chi connectivity index (χ1v) is 13.8. The molecule has 0 saturated heterocycles. The summed E-state index contributed by atoms with van der Waals surface area (Å²) in [6.07, 6.45) is 9.17. The van der Waals surface area contributed by atoms with E-state index in [9.17, 15) is 18.0 Å². The number of carbonyl (C=O) groups is 1. The van der Waals surface area contributed by atoms with E-state index in [2.05, 4.69) is 25.8 Å². The minimum atomic E-state index is -4.88. The van der Waals surface area contributed by atoms with Crippen LogP contribution in [0.1, 0.15) is 89.0 Å². The Kier molecular flexibility index (Phi) is 8.85. The van der Waals surface area contributed by atoms with Gasteiger partial charge in [-0.25, -0.2) is 0 Å². The number of hydrogen-bond donors (Lipinski definition) is 0. The fraction of sp³-hybridized carbons (Fsp3) is 0.700. The van der Waals surface area contributed by atoms with Crippen molar-refractivity contribution in [3.63, 3.8) is 0 Å². The quantitative estimate of drug-likeness (QED) is 0.246. The first kappa shape index (κ1) is 23.7.